The number of ether oxygens (including phenoxy) is 5. The molecule has 0 bridgehead atoms. The maximum absolute atomic E-state index is 12.5. The summed E-state index contributed by atoms with van der Waals surface area (Å²) in [7, 11) is 0. The molecule has 113 heavy (non-hydrogen) atoms. The van der Waals surface area contributed by atoms with Crippen molar-refractivity contribution in [3.05, 3.63) is 164 Å². The molecule has 6 rings (SSSR count). The summed E-state index contributed by atoms with van der Waals surface area (Å²) in [4.78, 5) is 60.3. The molecule has 6 aromatic carbocycles. The van der Waals surface area contributed by atoms with Crippen LogP contribution in [0.1, 0.15) is 194 Å². The van der Waals surface area contributed by atoms with Crippen LogP contribution in [-0.4, -0.2) is 118 Å². The zero-order valence-corrected chi connectivity index (χ0v) is 80.2. The van der Waals surface area contributed by atoms with Gasteiger partial charge in [-0.2, -0.15) is 0 Å². The van der Waals surface area contributed by atoms with Crippen LogP contribution in [0.4, 0.5) is 0 Å². The van der Waals surface area contributed by atoms with Gasteiger partial charge in [0.2, 0.25) is 0 Å². The highest BCUT2D eigenvalue weighted by Crippen LogP contribution is 2.58. The van der Waals surface area contributed by atoms with Crippen LogP contribution in [0.2, 0.25) is 0 Å². The van der Waals surface area contributed by atoms with Crippen LogP contribution >= 0.6 is 32.1 Å². The summed E-state index contributed by atoms with van der Waals surface area (Å²) < 4.78 is 56.8. The molecule has 5 N–H and O–H groups in total. The molecule has 0 aliphatic rings. The second-order valence-electron chi connectivity index (χ2n) is 32.1. The van der Waals surface area contributed by atoms with Crippen molar-refractivity contribution in [2.24, 2.45) is 5.41 Å². The molecule has 0 saturated carbocycles. The maximum Gasteiger partial charge on any atom is 0.323 e. The Morgan fingerprint density at radius 1 is 0.310 bits per heavy atom. The van der Waals surface area contributed by atoms with Gasteiger partial charge >= 0.3 is 29.8 Å². The van der Waals surface area contributed by atoms with Crippen molar-refractivity contribution in [3.8, 4) is 28.7 Å². The Labute approximate surface area is 702 Å². The number of benzene rings is 6. The Kier molecular flexibility index (Phi) is 44.3. The first kappa shape index (κ1) is 104. The Morgan fingerprint density at radius 2 is 0.558 bits per heavy atom. The van der Waals surface area contributed by atoms with E-state index in [-0.39, 0.29) is 87.0 Å². The highest BCUT2D eigenvalue weighted by Gasteiger charge is 2.40. The van der Waals surface area contributed by atoms with Gasteiger partial charge in [0, 0.05) is 32.7 Å². The van der Waals surface area contributed by atoms with Crippen molar-refractivity contribution < 1.29 is 70.3 Å². The van der Waals surface area contributed by atoms with Crippen LogP contribution in [0.5, 0.6) is 28.7 Å². The number of hydrogen-bond donors (Lipinski definition) is 5. The molecule has 0 aliphatic heterocycles. The number of esters is 5. The van der Waals surface area contributed by atoms with Crippen molar-refractivity contribution in [3.63, 3.8) is 0 Å². The molecule has 20 nitrogen and oxygen atoms in total. The summed E-state index contributed by atoms with van der Waals surface area (Å²) in [5, 5.41) is 17.5. The number of carbonyl (C=O) groups is 5. The second kappa shape index (κ2) is 48.1. The minimum atomic E-state index is -2.62. The number of hydrogen-bond acceptors (Lipinski definition) is 20. The van der Waals surface area contributed by atoms with Gasteiger partial charge in [-0.05, 0) is 214 Å². The summed E-state index contributed by atoms with van der Waals surface area (Å²) in [6.45, 7) is 54.0. The highest BCUT2D eigenvalue weighted by molar-refractivity contribution is 8.13. The van der Waals surface area contributed by atoms with Crippen molar-refractivity contribution in [2.75, 3.05) is 6.61 Å². The van der Waals surface area contributed by atoms with Crippen molar-refractivity contribution in [1.29, 1.82) is 0 Å². The number of carbonyl (C=O) groups excluding carboxylic acids is 5. The van der Waals surface area contributed by atoms with Gasteiger partial charge in [-0.25, -0.2) is 25.4 Å². The molecule has 6 aromatic rings. The third-order valence-electron chi connectivity index (χ3n) is 15.4. The van der Waals surface area contributed by atoms with E-state index in [1.54, 1.807) is 34.6 Å². The smallest absolute Gasteiger partial charge is 0.323 e. The number of para-hydroxylation sites is 4. The third kappa shape index (κ3) is 38.1. The molecule has 30 heteroatoms. The monoisotopic (exact) mass is 1750 g/mol. The van der Waals surface area contributed by atoms with E-state index in [1.807, 2.05) is 323 Å². The minimum Gasteiger partial charge on any atom is -0.464 e. The van der Waals surface area contributed by atoms with Crippen LogP contribution < -0.4 is 48.1 Å². The lowest BCUT2D eigenvalue weighted by Crippen LogP contribution is -2.40. The molecular formula is C83H130N5O15P5S5. The van der Waals surface area contributed by atoms with Gasteiger partial charge in [-0.1, -0.05) is 213 Å². The van der Waals surface area contributed by atoms with Gasteiger partial charge in [0.05, 0.1) is 31.0 Å². The largest absolute Gasteiger partial charge is 0.464 e. The topological polar surface area (TPSA) is 238 Å². The predicted molar refractivity (Wildman–Crippen MR) is 488 cm³/mol. The first-order valence-corrected chi connectivity index (χ1v) is 51.9. The average Bonchev–Trinajstić information content (AvgIpc) is 0.734. The molecule has 0 aliphatic carbocycles. The van der Waals surface area contributed by atoms with E-state index in [2.05, 4.69) is 25.4 Å². The number of rotatable bonds is 33. The van der Waals surface area contributed by atoms with E-state index < -0.39 is 62.3 Å². The molecule has 0 amide bonds. The zero-order chi connectivity index (χ0) is 86.3. The molecule has 10 atom stereocenters. The minimum absolute atomic E-state index is 0.0843. The molecule has 0 spiro atoms. The van der Waals surface area contributed by atoms with E-state index in [4.69, 9.17) is 105 Å². The van der Waals surface area contributed by atoms with Gasteiger partial charge < -0.3 is 46.3 Å². The molecule has 3 unspecified atom stereocenters. The summed E-state index contributed by atoms with van der Waals surface area (Å²) in [5.41, 5.74) is 0.213. The van der Waals surface area contributed by atoms with Gasteiger partial charge in [0.25, 0.3) is 0 Å². The second-order valence-corrected chi connectivity index (χ2v) is 53.8. The lowest BCUT2D eigenvalue weighted by atomic mass is 9.99. The summed E-state index contributed by atoms with van der Waals surface area (Å²) in [6, 6.07) is 49.2. The summed E-state index contributed by atoms with van der Waals surface area (Å²) >= 11 is 28.9. The first-order chi connectivity index (χ1) is 52.1. The molecule has 0 radical (unpaired) electrons. The molecule has 0 fully saturated rings. The fourth-order valence-corrected chi connectivity index (χ4v) is 20.9. The van der Waals surface area contributed by atoms with E-state index >= 15 is 0 Å². The van der Waals surface area contributed by atoms with Crippen LogP contribution in [0.15, 0.2) is 164 Å². The molecular weight excluding hydrogens is 1620 g/mol. The standard InChI is InChI=1S/C22H32NO3PS.C16H26NO3PS.3C15H24NO3PS/c1-16(20(24)25-15-21(2,3)4)23-27(28,22(5,6)7)26-19-14-10-12-17-11-8-9-13-18(17)19;1-12(2)19-15(18)13(3)17-21(22,16(4,5)6)20-14-10-8-7-9-11-14;3*1-11(2)18-15(17)13(5)16-20(21,12(3)4)19-14-9-7-6-8-10-14/h8-14,16H,15H2,1-7H3,(H,23,28);7-13H,1-6H3,(H,17,22);3*6-13H,1-5H3,(H,16,21)/t16-,27?;13-,21+;2*13-,20?;13-,20-/m00100/s1. The van der Waals surface area contributed by atoms with Crippen LogP contribution in [0, 0.1) is 5.41 Å². The normalized spacial score (nSPS) is 15.7. The predicted octanol–water partition coefficient (Wildman–Crippen LogP) is 21.1. The fraction of sp³-hybridized carbons (Fsp3) is 0.530. The summed E-state index contributed by atoms with van der Waals surface area (Å²) in [6.07, 6.45) is -12.9. The van der Waals surface area contributed by atoms with Crippen LogP contribution in [0.3, 0.4) is 0 Å². The molecule has 0 saturated heterocycles. The van der Waals surface area contributed by atoms with Gasteiger partial charge in [-0.15, -0.1) is 0 Å². The maximum atomic E-state index is 12.5. The SMILES string of the molecule is CC(C)OC(=O)[C@@H](C)NP(=S)(Oc1ccccc1)C(C)C.CC(C)OC(=O)[C@H](C)NP(=S)(Oc1ccccc1)C(C)C.CC(C)OC(=O)[C@H](C)N[P@@](=S)(Oc1ccccc1)C(C)(C)C.CC(C)OC(=O)[C@H](C)N[P@](=S)(Oc1ccccc1)C(C)C.C[C@H](NP(=S)(Oc1cccc2ccccc12)C(C)(C)C)C(=O)OCC(C)(C)C. The Bertz CT molecular complexity index is 3920. The quantitative estimate of drug-likeness (QED) is 0.0146. The fourth-order valence-electron chi connectivity index (χ4n) is 8.85. The van der Waals surface area contributed by atoms with E-state index in [9.17, 15) is 24.0 Å². The zero-order valence-electron chi connectivity index (χ0n) is 71.6. The van der Waals surface area contributed by atoms with Gasteiger partial charge in [-0.3, -0.25) is 24.0 Å². The molecule has 0 heterocycles. The van der Waals surface area contributed by atoms with Crippen molar-refractivity contribution in [1.82, 2.24) is 25.4 Å². The van der Waals surface area contributed by atoms with Crippen LogP contribution in [0.25, 0.3) is 10.8 Å². The van der Waals surface area contributed by atoms with Crippen LogP contribution in [-0.2, 0) is 107 Å². The van der Waals surface area contributed by atoms with Gasteiger partial charge in [0.15, 0.2) is 32.1 Å². The number of nitrogens with one attached hydrogen (secondary N) is 5. The first-order valence-electron chi connectivity index (χ1n) is 38.1. The Balaban J connectivity index is 0.000000482. The lowest BCUT2D eigenvalue weighted by molar-refractivity contribution is -0.149. The Morgan fingerprint density at radius 3 is 0.832 bits per heavy atom. The van der Waals surface area contributed by atoms with Crippen molar-refractivity contribution >= 4 is 132 Å². The summed E-state index contributed by atoms with van der Waals surface area (Å²) in [5.74, 6) is 2.03. The molecule has 0 aromatic heterocycles. The van der Waals surface area contributed by atoms with E-state index in [0.29, 0.717) is 29.6 Å². The third-order valence-corrected chi connectivity index (χ3v) is 38.8. The lowest BCUT2D eigenvalue weighted by Gasteiger charge is -2.37. The molecule has 632 valence electrons. The van der Waals surface area contributed by atoms with Gasteiger partial charge in [0.1, 0.15) is 59.0 Å². The van der Waals surface area contributed by atoms with E-state index in [0.717, 1.165) is 16.5 Å². The van der Waals surface area contributed by atoms with Crippen molar-refractivity contribution in [2.45, 2.75) is 276 Å². The number of fused-ring (bicyclic) bond motifs is 1. The van der Waals surface area contributed by atoms with E-state index in [1.165, 1.54) is 0 Å². The average molecular weight is 1750 g/mol. The highest BCUT2D eigenvalue weighted by atomic mass is 32.5. The Hall–Kier alpha value is -5.02.